The fraction of sp³-hybridized carbons (Fsp3) is 0.231. The number of amides is 2. The molecule has 3 N–H and O–H groups in total. The van der Waals surface area contributed by atoms with Crippen LogP contribution in [0.3, 0.4) is 0 Å². The summed E-state index contributed by atoms with van der Waals surface area (Å²) in [6.45, 7) is 1.49. The maximum Gasteiger partial charge on any atom is 0.337 e. The summed E-state index contributed by atoms with van der Waals surface area (Å²) in [6.07, 6.45) is 0. The molecule has 9 heteroatoms. The Labute approximate surface area is 124 Å². The van der Waals surface area contributed by atoms with Crippen LogP contribution in [0.1, 0.15) is 18.5 Å². The number of aromatic hydroxyl groups is 1. The standard InChI is InChI=1S/C13H13N3O6/c1-6-10(12(18)22-2)11(15-13(19)14-6)8-5-7(16(20)21)3-4-9(8)17/h3-5,11,17H,1-2H3,(H2,14,15,19)/t11-/m1/s1. The Kier molecular flexibility index (Phi) is 3.97. The number of carbonyl (C=O) groups is 2. The van der Waals surface area contributed by atoms with Crippen molar-refractivity contribution in [3.05, 3.63) is 45.1 Å². The van der Waals surface area contributed by atoms with Crippen LogP contribution in [-0.4, -0.2) is 29.1 Å². The lowest BCUT2D eigenvalue weighted by molar-refractivity contribution is -0.385. The number of carbonyl (C=O) groups excluding carboxylic acids is 2. The Morgan fingerprint density at radius 1 is 1.45 bits per heavy atom. The maximum absolute atomic E-state index is 11.9. The van der Waals surface area contributed by atoms with Gasteiger partial charge in [-0.05, 0) is 13.0 Å². The van der Waals surface area contributed by atoms with Crippen LogP contribution in [-0.2, 0) is 9.53 Å². The van der Waals surface area contributed by atoms with Crippen molar-refractivity contribution in [1.82, 2.24) is 10.6 Å². The predicted octanol–water partition coefficient (Wildman–Crippen LogP) is 1.10. The van der Waals surface area contributed by atoms with Gasteiger partial charge in [-0.25, -0.2) is 9.59 Å². The average Bonchev–Trinajstić information content (AvgIpc) is 2.46. The second-order valence-electron chi connectivity index (χ2n) is 4.56. The lowest BCUT2D eigenvalue weighted by atomic mass is 9.94. The number of nitro groups is 1. The first kappa shape index (κ1) is 15.3. The van der Waals surface area contributed by atoms with E-state index < -0.39 is 23.0 Å². The molecule has 0 saturated heterocycles. The Morgan fingerprint density at radius 2 is 2.14 bits per heavy atom. The zero-order valence-electron chi connectivity index (χ0n) is 11.7. The summed E-state index contributed by atoms with van der Waals surface area (Å²) >= 11 is 0. The molecule has 0 radical (unpaired) electrons. The molecule has 1 aliphatic heterocycles. The average molecular weight is 307 g/mol. The van der Waals surface area contributed by atoms with Gasteiger partial charge in [0.15, 0.2) is 0 Å². The molecule has 0 aromatic heterocycles. The maximum atomic E-state index is 11.9. The number of nitrogens with one attached hydrogen (secondary N) is 2. The van der Waals surface area contributed by atoms with E-state index in [1.807, 2.05) is 0 Å². The van der Waals surface area contributed by atoms with Gasteiger partial charge in [-0.2, -0.15) is 0 Å². The van der Waals surface area contributed by atoms with Crippen LogP contribution < -0.4 is 10.6 Å². The first-order chi connectivity index (χ1) is 10.3. The molecule has 1 aromatic rings. The van der Waals surface area contributed by atoms with Crippen molar-refractivity contribution in [2.75, 3.05) is 7.11 Å². The summed E-state index contributed by atoms with van der Waals surface area (Å²) in [6, 6.07) is 1.70. The summed E-state index contributed by atoms with van der Waals surface area (Å²) in [5.41, 5.74) is 0.0515. The minimum absolute atomic E-state index is 0.0313. The molecule has 0 unspecified atom stereocenters. The van der Waals surface area contributed by atoms with E-state index in [2.05, 4.69) is 15.4 Å². The molecule has 2 rings (SSSR count). The van der Waals surface area contributed by atoms with Gasteiger partial charge in [-0.3, -0.25) is 10.1 Å². The van der Waals surface area contributed by atoms with Gasteiger partial charge >= 0.3 is 12.0 Å². The van der Waals surface area contributed by atoms with E-state index in [0.717, 1.165) is 18.2 Å². The number of phenolic OH excluding ortho intramolecular Hbond substituents is 1. The van der Waals surface area contributed by atoms with Crippen LogP contribution in [0.2, 0.25) is 0 Å². The molecule has 0 saturated carbocycles. The molecule has 1 aromatic carbocycles. The van der Waals surface area contributed by atoms with Gasteiger partial charge in [0.05, 0.1) is 23.6 Å². The number of rotatable bonds is 3. The first-order valence-electron chi connectivity index (χ1n) is 6.19. The van der Waals surface area contributed by atoms with Gasteiger partial charge in [0.25, 0.3) is 5.69 Å². The normalized spacial score (nSPS) is 17.5. The summed E-state index contributed by atoms with van der Waals surface area (Å²) in [5.74, 6) is -1.01. The van der Waals surface area contributed by atoms with E-state index in [9.17, 15) is 24.8 Å². The fourth-order valence-corrected chi connectivity index (χ4v) is 2.19. The first-order valence-corrected chi connectivity index (χ1v) is 6.19. The quantitative estimate of drug-likeness (QED) is 0.435. The van der Waals surface area contributed by atoms with Gasteiger partial charge in [0.2, 0.25) is 0 Å². The highest BCUT2D eigenvalue weighted by atomic mass is 16.6. The molecule has 22 heavy (non-hydrogen) atoms. The van der Waals surface area contributed by atoms with E-state index in [0.29, 0.717) is 0 Å². The van der Waals surface area contributed by atoms with E-state index in [1.165, 1.54) is 14.0 Å². The van der Waals surface area contributed by atoms with Crippen LogP contribution in [0, 0.1) is 10.1 Å². The number of hydrogen-bond acceptors (Lipinski definition) is 6. The molecular formula is C13H13N3O6. The molecule has 0 aliphatic carbocycles. The Balaban J connectivity index is 2.60. The summed E-state index contributed by atoms with van der Waals surface area (Å²) in [7, 11) is 1.17. The van der Waals surface area contributed by atoms with Crippen molar-refractivity contribution in [2.24, 2.45) is 0 Å². The van der Waals surface area contributed by atoms with Gasteiger partial charge in [0, 0.05) is 23.4 Å². The van der Waals surface area contributed by atoms with E-state index in [4.69, 9.17) is 0 Å². The number of phenols is 1. The van der Waals surface area contributed by atoms with Gasteiger partial charge < -0.3 is 20.5 Å². The third-order valence-corrected chi connectivity index (χ3v) is 3.21. The third kappa shape index (κ3) is 2.68. The number of nitrogens with zero attached hydrogens (tertiary/aromatic N) is 1. The van der Waals surface area contributed by atoms with E-state index >= 15 is 0 Å². The lowest BCUT2D eigenvalue weighted by Crippen LogP contribution is -2.45. The summed E-state index contributed by atoms with van der Waals surface area (Å²) in [4.78, 5) is 33.8. The number of urea groups is 1. The van der Waals surface area contributed by atoms with Crippen molar-refractivity contribution >= 4 is 17.7 Å². The number of methoxy groups -OCH3 is 1. The van der Waals surface area contributed by atoms with Gasteiger partial charge in [0.1, 0.15) is 5.75 Å². The molecule has 1 atom stereocenters. The second-order valence-corrected chi connectivity index (χ2v) is 4.56. The van der Waals surface area contributed by atoms with Crippen LogP contribution in [0.15, 0.2) is 29.5 Å². The van der Waals surface area contributed by atoms with Crippen molar-refractivity contribution in [2.45, 2.75) is 13.0 Å². The van der Waals surface area contributed by atoms with Crippen LogP contribution in [0.5, 0.6) is 5.75 Å². The number of allylic oxidation sites excluding steroid dienone is 1. The number of benzene rings is 1. The Bertz CT molecular complexity index is 697. The highest BCUT2D eigenvalue weighted by Gasteiger charge is 2.34. The molecule has 1 heterocycles. The number of esters is 1. The zero-order valence-corrected chi connectivity index (χ0v) is 11.7. The van der Waals surface area contributed by atoms with Crippen molar-refractivity contribution in [3.8, 4) is 5.75 Å². The number of ether oxygens (including phenoxy) is 1. The molecular weight excluding hydrogens is 294 g/mol. The molecule has 0 bridgehead atoms. The van der Waals surface area contributed by atoms with Crippen LogP contribution >= 0.6 is 0 Å². The second kappa shape index (κ2) is 5.72. The van der Waals surface area contributed by atoms with Crippen molar-refractivity contribution in [3.63, 3.8) is 0 Å². The molecule has 2 amide bonds. The van der Waals surface area contributed by atoms with Crippen molar-refractivity contribution < 1.29 is 24.4 Å². The fourth-order valence-electron chi connectivity index (χ4n) is 2.19. The largest absolute Gasteiger partial charge is 0.508 e. The summed E-state index contributed by atoms with van der Waals surface area (Å²) < 4.78 is 4.66. The molecule has 0 spiro atoms. The predicted molar refractivity (Wildman–Crippen MR) is 73.9 cm³/mol. The topological polar surface area (TPSA) is 131 Å². The highest BCUT2D eigenvalue weighted by molar-refractivity contribution is 5.95. The monoisotopic (exact) mass is 307 g/mol. The minimum atomic E-state index is -1.05. The third-order valence-electron chi connectivity index (χ3n) is 3.21. The Hall–Kier alpha value is -3.10. The highest BCUT2D eigenvalue weighted by Crippen LogP contribution is 2.35. The summed E-state index contributed by atoms with van der Waals surface area (Å²) in [5, 5.41) is 25.7. The van der Waals surface area contributed by atoms with E-state index in [-0.39, 0.29) is 28.3 Å². The SMILES string of the molecule is COC(=O)C1=C(C)NC(=O)N[C@@H]1c1cc([N+](=O)[O-])ccc1O. The smallest absolute Gasteiger partial charge is 0.337 e. The minimum Gasteiger partial charge on any atom is -0.508 e. The molecule has 116 valence electrons. The number of hydrogen-bond donors (Lipinski definition) is 3. The van der Waals surface area contributed by atoms with Gasteiger partial charge in [-0.1, -0.05) is 0 Å². The lowest BCUT2D eigenvalue weighted by Gasteiger charge is -2.28. The van der Waals surface area contributed by atoms with E-state index in [1.54, 1.807) is 0 Å². The Morgan fingerprint density at radius 3 is 2.73 bits per heavy atom. The molecule has 0 fully saturated rings. The van der Waals surface area contributed by atoms with Gasteiger partial charge in [-0.15, -0.1) is 0 Å². The van der Waals surface area contributed by atoms with Crippen LogP contribution in [0.4, 0.5) is 10.5 Å². The molecule has 1 aliphatic rings. The number of non-ortho nitro benzene ring substituents is 1. The van der Waals surface area contributed by atoms with Crippen molar-refractivity contribution in [1.29, 1.82) is 0 Å². The molecule has 9 nitrogen and oxygen atoms in total. The zero-order chi connectivity index (χ0) is 16.4. The number of nitro benzene ring substituents is 1. The van der Waals surface area contributed by atoms with Crippen LogP contribution in [0.25, 0.3) is 0 Å².